The van der Waals surface area contributed by atoms with Crippen molar-refractivity contribution in [3.8, 4) is 0 Å². The van der Waals surface area contributed by atoms with E-state index in [0.29, 0.717) is 38.8 Å². The number of rotatable bonds is 5. The van der Waals surface area contributed by atoms with Crippen LogP contribution in [-0.2, 0) is 4.79 Å². The summed E-state index contributed by atoms with van der Waals surface area (Å²) in [6.45, 7) is 7.73. The number of piperazine rings is 1. The molecule has 0 N–H and O–H groups in total. The average molecular weight is 391 g/mol. The van der Waals surface area contributed by atoms with E-state index in [2.05, 4.69) is 9.80 Å². The van der Waals surface area contributed by atoms with Crippen molar-refractivity contribution in [2.24, 2.45) is 0 Å². The molecule has 3 saturated heterocycles. The molecule has 3 fully saturated rings. The fourth-order valence-corrected chi connectivity index (χ4v) is 5.25. The van der Waals surface area contributed by atoms with Crippen LogP contribution < -0.4 is 0 Å². The number of thiophene rings is 1. The van der Waals surface area contributed by atoms with Gasteiger partial charge in [-0.25, -0.2) is 0 Å². The first kappa shape index (κ1) is 18.9. The van der Waals surface area contributed by atoms with E-state index < -0.39 is 0 Å². The van der Waals surface area contributed by atoms with Crippen molar-refractivity contribution in [1.82, 2.24) is 19.6 Å². The Labute approximate surface area is 165 Å². The lowest BCUT2D eigenvalue weighted by Gasteiger charge is -2.36. The van der Waals surface area contributed by atoms with Crippen LogP contribution in [0.25, 0.3) is 0 Å². The summed E-state index contributed by atoms with van der Waals surface area (Å²) < 4.78 is 0. The van der Waals surface area contributed by atoms with Crippen LogP contribution in [0.15, 0.2) is 17.5 Å². The molecule has 6 nitrogen and oxygen atoms in total. The first-order valence-electron chi connectivity index (χ1n) is 10.3. The molecular weight excluding hydrogens is 360 g/mol. The Morgan fingerprint density at radius 3 is 2.41 bits per heavy atom. The molecule has 1 aromatic heterocycles. The van der Waals surface area contributed by atoms with Crippen molar-refractivity contribution in [1.29, 1.82) is 0 Å². The number of hydrogen-bond acceptors (Lipinski definition) is 5. The van der Waals surface area contributed by atoms with E-state index in [4.69, 9.17) is 0 Å². The Kier molecular flexibility index (Phi) is 6.10. The zero-order chi connectivity index (χ0) is 18.6. The molecule has 1 atom stereocenters. The third-order valence-electron chi connectivity index (χ3n) is 6.16. The molecule has 27 heavy (non-hydrogen) atoms. The highest BCUT2D eigenvalue weighted by atomic mass is 32.1. The van der Waals surface area contributed by atoms with Gasteiger partial charge in [-0.2, -0.15) is 0 Å². The highest BCUT2D eigenvalue weighted by Crippen LogP contribution is 2.21. The largest absolute Gasteiger partial charge is 0.338 e. The third-order valence-corrected chi connectivity index (χ3v) is 7.01. The zero-order valence-electron chi connectivity index (χ0n) is 16.0. The van der Waals surface area contributed by atoms with Gasteiger partial charge in [0.2, 0.25) is 5.91 Å². The molecule has 148 valence electrons. The van der Waals surface area contributed by atoms with Crippen molar-refractivity contribution in [3.05, 3.63) is 22.4 Å². The lowest BCUT2D eigenvalue weighted by atomic mass is 10.2. The topological polar surface area (TPSA) is 47.1 Å². The van der Waals surface area contributed by atoms with Gasteiger partial charge in [0.15, 0.2) is 0 Å². The van der Waals surface area contributed by atoms with E-state index in [1.54, 1.807) is 0 Å². The minimum Gasteiger partial charge on any atom is -0.338 e. The van der Waals surface area contributed by atoms with Crippen molar-refractivity contribution in [2.45, 2.75) is 31.7 Å². The second kappa shape index (κ2) is 8.71. The van der Waals surface area contributed by atoms with Crippen LogP contribution in [0, 0.1) is 0 Å². The van der Waals surface area contributed by atoms with Crippen LogP contribution in [0.1, 0.15) is 35.4 Å². The molecule has 0 spiro atoms. The molecule has 2 amide bonds. The van der Waals surface area contributed by atoms with Crippen LogP contribution in [0.2, 0.25) is 0 Å². The smallest absolute Gasteiger partial charge is 0.264 e. The maximum absolute atomic E-state index is 12.8. The summed E-state index contributed by atoms with van der Waals surface area (Å²) in [4.78, 5) is 34.8. The van der Waals surface area contributed by atoms with Crippen LogP contribution in [0.3, 0.4) is 0 Å². The van der Waals surface area contributed by atoms with E-state index in [9.17, 15) is 9.59 Å². The summed E-state index contributed by atoms with van der Waals surface area (Å²) in [5.41, 5.74) is 0. The molecule has 0 radical (unpaired) electrons. The van der Waals surface area contributed by atoms with Crippen LogP contribution in [0.5, 0.6) is 0 Å². The molecule has 0 bridgehead atoms. The predicted molar refractivity (Wildman–Crippen MR) is 107 cm³/mol. The molecule has 1 unspecified atom stereocenters. The quantitative estimate of drug-likeness (QED) is 0.766. The number of nitrogens with zero attached hydrogens (tertiary/aromatic N) is 4. The van der Waals surface area contributed by atoms with Gasteiger partial charge in [-0.1, -0.05) is 6.07 Å². The van der Waals surface area contributed by atoms with Crippen molar-refractivity contribution in [3.63, 3.8) is 0 Å². The second-order valence-corrected chi connectivity index (χ2v) is 8.87. The Morgan fingerprint density at radius 2 is 1.70 bits per heavy atom. The molecule has 1 aromatic rings. The average Bonchev–Trinajstić information content (AvgIpc) is 3.45. The third kappa shape index (κ3) is 4.52. The normalized spacial score (nSPS) is 24.7. The van der Waals surface area contributed by atoms with Crippen LogP contribution in [-0.4, -0.2) is 96.4 Å². The van der Waals surface area contributed by atoms with Gasteiger partial charge in [0.25, 0.3) is 5.91 Å². The van der Waals surface area contributed by atoms with E-state index in [1.807, 2.05) is 27.3 Å². The van der Waals surface area contributed by atoms with E-state index in [0.717, 1.165) is 18.0 Å². The van der Waals surface area contributed by atoms with Gasteiger partial charge in [-0.15, -0.1) is 11.3 Å². The number of likely N-dealkylation sites (tertiary alicyclic amines) is 2. The van der Waals surface area contributed by atoms with Crippen molar-refractivity contribution >= 4 is 23.2 Å². The molecule has 4 rings (SSSR count). The first-order chi connectivity index (χ1) is 13.2. The number of amides is 2. The molecule has 0 saturated carbocycles. The predicted octanol–water partition coefficient (Wildman–Crippen LogP) is 1.59. The lowest BCUT2D eigenvalue weighted by molar-refractivity contribution is -0.134. The lowest BCUT2D eigenvalue weighted by Crippen LogP contribution is -2.53. The molecule has 0 aliphatic carbocycles. The molecule has 3 aliphatic heterocycles. The van der Waals surface area contributed by atoms with Gasteiger partial charge in [0.05, 0.1) is 11.4 Å². The second-order valence-electron chi connectivity index (χ2n) is 7.92. The standard InChI is InChI=1S/C20H30N4O2S/c25-19(16-24-9-3-5-17(24)15-21-7-1-2-8-21)22-10-12-23(13-11-22)20(26)18-6-4-14-27-18/h4,6,14,17H,1-3,5,7-13,15-16H2. The van der Waals surface area contributed by atoms with Crippen LogP contribution >= 0.6 is 11.3 Å². The van der Waals surface area contributed by atoms with Crippen LogP contribution in [0.4, 0.5) is 0 Å². The van der Waals surface area contributed by atoms with E-state index in [1.165, 1.54) is 50.1 Å². The van der Waals surface area contributed by atoms with Gasteiger partial charge in [0.1, 0.15) is 0 Å². The fourth-order valence-electron chi connectivity index (χ4n) is 4.56. The fraction of sp³-hybridized carbons (Fsp3) is 0.700. The SMILES string of the molecule is O=C(CN1CCCC1CN1CCCC1)N1CCN(C(=O)c2cccs2)CC1. The highest BCUT2D eigenvalue weighted by molar-refractivity contribution is 7.12. The summed E-state index contributed by atoms with van der Waals surface area (Å²) in [5, 5.41) is 1.93. The Morgan fingerprint density at radius 1 is 0.963 bits per heavy atom. The maximum Gasteiger partial charge on any atom is 0.264 e. The Bertz CT molecular complexity index is 636. The van der Waals surface area contributed by atoms with Gasteiger partial charge in [0, 0.05) is 38.8 Å². The highest BCUT2D eigenvalue weighted by Gasteiger charge is 2.31. The van der Waals surface area contributed by atoms with E-state index >= 15 is 0 Å². The monoisotopic (exact) mass is 390 g/mol. The molecule has 4 heterocycles. The summed E-state index contributed by atoms with van der Waals surface area (Å²) in [5.74, 6) is 0.328. The first-order valence-corrected chi connectivity index (χ1v) is 11.2. The number of hydrogen-bond donors (Lipinski definition) is 0. The molecule has 0 aromatic carbocycles. The summed E-state index contributed by atoms with van der Waals surface area (Å²) in [7, 11) is 0. The molecule has 3 aliphatic rings. The van der Waals surface area contributed by atoms with Crippen molar-refractivity contribution in [2.75, 3.05) is 58.9 Å². The van der Waals surface area contributed by atoms with E-state index in [-0.39, 0.29) is 11.8 Å². The minimum absolute atomic E-state index is 0.0994. The van der Waals surface area contributed by atoms with Crippen molar-refractivity contribution < 1.29 is 9.59 Å². The van der Waals surface area contributed by atoms with Gasteiger partial charge < -0.3 is 14.7 Å². The summed E-state index contributed by atoms with van der Waals surface area (Å²) in [6, 6.07) is 4.32. The number of carbonyl (C=O) groups excluding carboxylic acids is 2. The molecule has 7 heteroatoms. The minimum atomic E-state index is 0.0994. The molecular formula is C20H30N4O2S. The summed E-state index contributed by atoms with van der Waals surface area (Å²) in [6.07, 6.45) is 5.06. The zero-order valence-corrected chi connectivity index (χ0v) is 16.8. The summed E-state index contributed by atoms with van der Waals surface area (Å²) >= 11 is 1.48. The number of carbonyl (C=O) groups is 2. The van der Waals surface area contributed by atoms with Gasteiger partial charge in [-0.05, 0) is 56.8 Å². The Hall–Kier alpha value is -1.44. The Balaban J connectivity index is 1.25. The van der Waals surface area contributed by atoms with Gasteiger partial charge >= 0.3 is 0 Å². The maximum atomic E-state index is 12.8. The van der Waals surface area contributed by atoms with Gasteiger partial charge in [-0.3, -0.25) is 14.5 Å².